The number of hydrogen-bond acceptors (Lipinski definition) is 4. The molecule has 2 heterocycles. The van der Waals surface area contributed by atoms with Crippen LogP contribution in [0.4, 0.5) is 0 Å². The van der Waals surface area contributed by atoms with Gasteiger partial charge in [-0.15, -0.1) is 0 Å². The summed E-state index contributed by atoms with van der Waals surface area (Å²) in [5.74, 6) is -0.136. The Morgan fingerprint density at radius 2 is 2.32 bits per heavy atom. The molecule has 0 radical (unpaired) electrons. The molecule has 1 amide bonds. The first kappa shape index (κ1) is 13.8. The molecule has 1 fully saturated rings. The normalized spacial score (nSPS) is 21.5. The lowest BCUT2D eigenvalue weighted by atomic mass is 10.2. The van der Waals surface area contributed by atoms with Crippen LogP contribution in [0.15, 0.2) is 18.5 Å². The van der Waals surface area contributed by atoms with Gasteiger partial charge in [-0.05, 0) is 16.3 Å². The average molecular weight is 284 g/mol. The van der Waals surface area contributed by atoms with Gasteiger partial charge in [-0.25, -0.2) is 0 Å². The Morgan fingerprint density at radius 3 is 2.84 bits per heavy atom. The number of aryl methyl sites for hydroxylation is 1. The zero-order chi connectivity index (χ0) is 13.8. The van der Waals surface area contributed by atoms with Crippen LogP contribution in [0.1, 0.15) is 16.8 Å². The quantitative estimate of drug-likeness (QED) is 0.516. The second kappa shape index (κ2) is 5.98. The number of nitrogens with zero attached hydrogens (tertiary/aromatic N) is 2. The number of aliphatic carboxylic acids is 1. The first-order valence-electron chi connectivity index (χ1n) is 5.78. The number of carbonyl (C=O) groups is 2. The van der Waals surface area contributed by atoms with Gasteiger partial charge in [-0.1, -0.05) is 4.68 Å². The van der Waals surface area contributed by atoms with Crippen LogP contribution in [-0.2, 0) is 22.5 Å². The SMILES string of the molecule is O=C(O)CC[n+]1ccc(C(=O)NC2C[S+]([O-])C2)cn1. The molecule has 7 nitrogen and oxygen atoms in total. The van der Waals surface area contributed by atoms with E-state index in [1.165, 1.54) is 10.9 Å². The van der Waals surface area contributed by atoms with Crippen LogP contribution in [0.5, 0.6) is 0 Å². The summed E-state index contributed by atoms with van der Waals surface area (Å²) in [4.78, 5) is 22.2. The Hall–Kier alpha value is -1.67. The van der Waals surface area contributed by atoms with Crippen molar-refractivity contribution in [2.75, 3.05) is 11.5 Å². The molecule has 1 saturated heterocycles. The van der Waals surface area contributed by atoms with E-state index in [9.17, 15) is 14.1 Å². The summed E-state index contributed by atoms with van der Waals surface area (Å²) in [5, 5.41) is 15.3. The second-order valence-corrected chi connectivity index (χ2v) is 5.81. The molecule has 1 aliphatic heterocycles. The van der Waals surface area contributed by atoms with Crippen LogP contribution in [0.3, 0.4) is 0 Å². The number of aromatic nitrogens is 2. The standard InChI is InChI=1S/C11H13N3O4S/c15-10(16)2-4-14-3-1-8(5-12-14)11(17)13-9-6-19(18)7-9/h1,3,5,9H,2,4,6-7H2,(H-,13,15,16,17)/p+1. The fourth-order valence-corrected chi connectivity index (χ4v) is 2.58. The highest BCUT2D eigenvalue weighted by molar-refractivity contribution is 7.92. The minimum Gasteiger partial charge on any atom is -0.616 e. The summed E-state index contributed by atoms with van der Waals surface area (Å²) in [5.41, 5.74) is 0.407. The van der Waals surface area contributed by atoms with E-state index >= 15 is 0 Å². The van der Waals surface area contributed by atoms with Crippen LogP contribution in [0, 0.1) is 0 Å². The molecule has 0 bridgehead atoms. The third-order valence-electron chi connectivity index (χ3n) is 2.70. The minimum absolute atomic E-state index is 0.0168. The van der Waals surface area contributed by atoms with Crippen molar-refractivity contribution in [3.8, 4) is 0 Å². The van der Waals surface area contributed by atoms with Crippen molar-refractivity contribution in [2.45, 2.75) is 19.0 Å². The highest BCUT2D eigenvalue weighted by Crippen LogP contribution is 2.10. The molecular weight excluding hydrogens is 270 g/mol. The van der Waals surface area contributed by atoms with Crippen molar-refractivity contribution in [2.24, 2.45) is 0 Å². The smallest absolute Gasteiger partial charge is 0.309 e. The van der Waals surface area contributed by atoms with Crippen molar-refractivity contribution < 1.29 is 23.9 Å². The summed E-state index contributed by atoms with van der Waals surface area (Å²) < 4.78 is 12.4. The van der Waals surface area contributed by atoms with Gasteiger partial charge < -0.3 is 15.0 Å². The second-order valence-electron chi connectivity index (χ2n) is 4.27. The molecule has 0 aliphatic carbocycles. The summed E-state index contributed by atoms with van der Waals surface area (Å²) in [6.45, 7) is 0.263. The summed E-state index contributed by atoms with van der Waals surface area (Å²) in [6, 6.07) is 1.56. The van der Waals surface area contributed by atoms with Gasteiger partial charge in [0.1, 0.15) is 30.2 Å². The van der Waals surface area contributed by atoms with E-state index in [1.807, 2.05) is 0 Å². The van der Waals surface area contributed by atoms with Gasteiger partial charge in [0.25, 0.3) is 5.91 Å². The molecule has 1 aromatic heterocycles. The highest BCUT2D eigenvalue weighted by atomic mass is 32.2. The van der Waals surface area contributed by atoms with Crippen molar-refractivity contribution in [1.82, 2.24) is 10.4 Å². The summed E-state index contributed by atoms with van der Waals surface area (Å²) in [6.07, 6.45) is 2.95. The summed E-state index contributed by atoms with van der Waals surface area (Å²) in [7, 11) is 0. The number of carboxylic acids is 1. The van der Waals surface area contributed by atoms with Gasteiger partial charge in [0.05, 0.1) is 5.56 Å². The molecule has 0 saturated carbocycles. The van der Waals surface area contributed by atoms with Gasteiger partial charge in [0, 0.05) is 6.07 Å². The lowest BCUT2D eigenvalue weighted by Gasteiger charge is -2.29. The van der Waals surface area contributed by atoms with Gasteiger partial charge in [-0.3, -0.25) is 9.59 Å². The first-order valence-corrected chi connectivity index (χ1v) is 7.27. The predicted octanol–water partition coefficient (Wildman–Crippen LogP) is -1.30. The van der Waals surface area contributed by atoms with Gasteiger partial charge >= 0.3 is 5.97 Å². The largest absolute Gasteiger partial charge is 0.616 e. The van der Waals surface area contributed by atoms with Crippen LogP contribution in [-0.4, -0.2) is 44.2 Å². The third kappa shape index (κ3) is 3.90. The molecule has 102 valence electrons. The molecule has 2 N–H and O–H groups in total. The third-order valence-corrected chi connectivity index (χ3v) is 4.25. The Balaban J connectivity index is 1.86. The van der Waals surface area contributed by atoms with E-state index in [2.05, 4.69) is 10.4 Å². The van der Waals surface area contributed by atoms with Crippen LogP contribution in [0.2, 0.25) is 0 Å². The Kier molecular flexibility index (Phi) is 4.33. The monoisotopic (exact) mass is 284 g/mol. The average Bonchev–Trinajstić information content (AvgIpc) is 2.35. The number of rotatable bonds is 5. The summed E-state index contributed by atoms with van der Waals surface area (Å²) >= 11 is -0.796. The number of nitrogens with one attached hydrogen (secondary N) is 1. The predicted molar refractivity (Wildman–Crippen MR) is 65.8 cm³/mol. The number of carbonyl (C=O) groups excluding carboxylic acids is 1. The maximum Gasteiger partial charge on any atom is 0.309 e. The molecule has 0 unspecified atom stereocenters. The fraction of sp³-hybridized carbons (Fsp3) is 0.455. The molecule has 0 aromatic carbocycles. The minimum atomic E-state index is -0.894. The topological polar surface area (TPSA) is 106 Å². The molecule has 1 aliphatic rings. The van der Waals surface area contributed by atoms with Crippen LogP contribution in [0.25, 0.3) is 0 Å². The molecule has 8 heteroatoms. The highest BCUT2D eigenvalue weighted by Gasteiger charge is 2.33. The number of amides is 1. The Labute approximate surface area is 112 Å². The van der Waals surface area contributed by atoms with E-state index in [0.717, 1.165) is 0 Å². The molecule has 1 aromatic rings. The van der Waals surface area contributed by atoms with Crippen LogP contribution < -0.4 is 10.00 Å². The fourth-order valence-electron chi connectivity index (χ4n) is 1.61. The van der Waals surface area contributed by atoms with Crippen LogP contribution >= 0.6 is 0 Å². The Morgan fingerprint density at radius 1 is 1.58 bits per heavy atom. The maximum atomic E-state index is 11.8. The van der Waals surface area contributed by atoms with E-state index < -0.39 is 17.1 Å². The molecule has 0 atom stereocenters. The lowest BCUT2D eigenvalue weighted by molar-refractivity contribution is -0.753. The van der Waals surface area contributed by atoms with Gasteiger partial charge in [0.2, 0.25) is 0 Å². The first-order chi connectivity index (χ1) is 9.04. The van der Waals surface area contributed by atoms with Gasteiger partial charge in [0.15, 0.2) is 12.7 Å². The van der Waals surface area contributed by atoms with Crippen molar-refractivity contribution in [3.63, 3.8) is 0 Å². The number of hydrogen-bond donors (Lipinski definition) is 2. The molecule has 2 rings (SSSR count). The van der Waals surface area contributed by atoms with Crippen molar-refractivity contribution in [1.29, 1.82) is 0 Å². The van der Waals surface area contributed by atoms with E-state index in [0.29, 0.717) is 17.1 Å². The van der Waals surface area contributed by atoms with Gasteiger partial charge in [-0.2, -0.15) is 0 Å². The zero-order valence-electron chi connectivity index (χ0n) is 10.1. The van der Waals surface area contributed by atoms with E-state index in [-0.39, 0.29) is 24.9 Å². The van der Waals surface area contributed by atoms with Crippen molar-refractivity contribution >= 4 is 23.1 Å². The zero-order valence-corrected chi connectivity index (χ0v) is 10.9. The molecular formula is C11H14N3O4S+. The lowest BCUT2D eigenvalue weighted by Crippen LogP contribution is -2.53. The Bertz CT molecular complexity index is 473. The van der Waals surface area contributed by atoms with Crippen molar-refractivity contribution in [3.05, 3.63) is 24.0 Å². The maximum absolute atomic E-state index is 11.8. The van der Waals surface area contributed by atoms with E-state index in [4.69, 9.17) is 5.11 Å². The number of carboxylic acid groups (broad SMARTS) is 1. The van der Waals surface area contributed by atoms with E-state index in [1.54, 1.807) is 12.3 Å². The molecule has 19 heavy (non-hydrogen) atoms. The molecule has 0 spiro atoms.